The minimum atomic E-state index is -0.845. The van der Waals surface area contributed by atoms with Gasteiger partial charge in [0.05, 0.1) is 11.1 Å². The van der Waals surface area contributed by atoms with Crippen molar-refractivity contribution in [3.8, 4) is 0 Å². The quantitative estimate of drug-likeness (QED) is 0.777. The molecule has 1 aromatic heterocycles. The maximum absolute atomic E-state index is 11.5. The fourth-order valence-corrected chi connectivity index (χ4v) is 3.03. The highest BCUT2D eigenvalue weighted by atomic mass is 16.4. The summed E-state index contributed by atoms with van der Waals surface area (Å²) in [6, 6.07) is 4.07. The van der Waals surface area contributed by atoms with Crippen LogP contribution < -0.4 is 0 Å². The largest absolute Gasteiger partial charge is 0.478 e. The molecule has 0 saturated heterocycles. The molecule has 0 atom stereocenters. The van der Waals surface area contributed by atoms with Crippen molar-refractivity contribution in [3.63, 3.8) is 0 Å². The molecule has 1 N–H and O–H groups in total. The van der Waals surface area contributed by atoms with Crippen molar-refractivity contribution >= 4 is 16.9 Å². The normalized spacial score (nSPS) is 11.8. The van der Waals surface area contributed by atoms with Crippen LogP contribution in [0.15, 0.2) is 18.3 Å². The van der Waals surface area contributed by atoms with E-state index < -0.39 is 5.97 Å². The van der Waals surface area contributed by atoms with Crippen molar-refractivity contribution in [2.45, 2.75) is 65.8 Å². The van der Waals surface area contributed by atoms with Crippen LogP contribution in [0.25, 0.3) is 10.9 Å². The van der Waals surface area contributed by atoms with Crippen molar-refractivity contribution in [2.75, 3.05) is 0 Å². The molecule has 3 nitrogen and oxygen atoms in total. The van der Waals surface area contributed by atoms with E-state index in [1.54, 1.807) is 0 Å². The average molecular weight is 301 g/mol. The van der Waals surface area contributed by atoms with Gasteiger partial charge in [0.2, 0.25) is 0 Å². The van der Waals surface area contributed by atoms with Crippen molar-refractivity contribution in [1.82, 2.24) is 4.57 Å². The molecule has 0 fully saturated rings. The van der Waals surface area contributed by atoms with Gasteiger partial charge in [-0.05, 0) is 55.9 Å². The second-order valence-corrected chi connectivity index (χ2v) is 6.68. The minimum absolute atomic E-state index is 0.299. The molecule has 0 aliphatic carbocycles. The first-order valence-corrected chi connectivity index (χ1v) is 8.27. The molecule has 0 radical (unpaired) electrons. The SMILES string of the molecule is CCCCc1cn(C(C)C)c2c(C(C)C)cc(C(=O)O)cc12. The number of rotatable bonds is 6. The predicted octanol–water partition coefficient (Wildman–Crippen LogP) is 5.39. The summed E-state index contributed by atoms with van der Waals surface area (Å²) < 4.78 is 2.31. The highest BCUT2D eigenvalue weighted by molar-refractivity contribution is 5.97. The number of carboxylic acids is 1. The number of hydrogen-bond donors (Lipinski definition) is 1. The summed E-state index contributed by atoms with van der Waals surface area (Å²) >= 11 is 0. The summed E-state index contributed by atoms with van der Waals surface area (Å²) in [5.41, 5.74) is 4.01. The van der Waals surface area contributed by atoms with Crippen molar-refractivity contribution in [2.24, 2.45) is 0 Å². The molecule has 3 heteroatoms. The first-order valence-electron chi connectivity index (χ1n) is 8.27. The maximum atomic E-state index is 11.5. The van der Waals surface area contributed by atoms with Crippen molar-refractivity contribution in [3.05, 3.63) is 35.0 Å². The molecule has 2 rings (SSSR count). The number of benzene rings is 1. The monoisotopic (exact) mass is 301 g/mol. The van der Waals surface area contributed by atoms with Gasteiger partial charge in [-0.1, -0.05) is 27.2 Å². The third kappa shape index (κ3) is 3.03. The van der Waals surface area contributed by atoms with Crippen LogP contribution in [-0.4, -0.2) is 15.6 Å². The van der Waals surface area contributed by atoms with Gasteiger partial charge in [-0.3, -0.25) is 0 Å². The Morgan fingerprint density at radius 3 is 2.41 bits per heavy atom. The number of aromatic carboxylic acids is 1. The molecule has 0 aliphatic heterocycles. The van der Waals surface area contributed by atoms with Crippen LogP contribution in [0.2, 0.25) is 0 Å². The van der Waals surface area contributed by atoms with E-state index in [4.69, 9.17) is 0 Å². The molecule has 2 aromatic rings. The fourth-order valence-electron chi connectivity index (χ4n) is 3.03. The molecule has 0 unspecified atom stereocenters. The summed E-state index contributed by atoms with van der Waals surface area (Å²) in [5.74, 6) is -0.546. The van der Waals surface area contributed by atoms with Gasteiger partial charge in [-0.15, -0.1) is 0 Å². The lowest BCUT2D eigenvalue weighted by molar-refractivity contribution is 0.0697. The van der Waals surface area contributed by atoms with Gasteiger partial charge in [0.15, 0.2) is 0 Å². The zero-order valence-electron chi connectivity index (χ0n) is 14.3. The van der Waals surface area contributed by atoms with Crippen LogP contribution in [-0.2, 0) is 6.42 Å². The van der Waals surface area contributed by atoms with E-state index in [1.807, 2.05) is 12.1 Å². The number of carbonyl (C=O) groups is 1. The van der Waals surface area contributed by atoms with Crippen LogP contribution in [0.4, 0.5) is 0 Å². The Balaban J connectivity index is 2.79. The van der Waals surface area contributed by atoms with Crippen molar-refractivity contribution < 1.29 is 9.90 Å². The molecular formula is C19H27NO2. The van der Waals surface area contributed by atoms with Crippen LogP contribution in [0.1, 0.15) is 80.9 Å². The lowest BCUT2D eigenvalue weighted by Crippen LogP contribution is -2.04. The van der Waals surface area contributed by atoms with Gasteiger partial charge in [-0.2, -0.15) is 0 Å². The first kappa shape index (κ1) is 16.6. The molecule has 0 aliphatic rings. The molecule has 1 aromatic carbocycles. The standard InChI is InChI=1S/C19H27NO2/c1-6-7-8-14-11-20(13(4)5)18-16(12(2)3)9-15(19(21)22)10-17(14)18/h9-13H,6-8H2,1-5H3,(H,21,22). The van der Waals surface area contributed by atoms with E-state index in [0.29, 0.717) is 17.5 Å². The Morgan fingerprint density at radius 2 is 1.91 bits per heavy atom. The molecule has 120 valence electrons. The van der Waals surface area contributed by atoms with E-state index >= 15 is 0 Å². The Morgan fingerprint density at radius 1 is 1.23 bits per heavy atom. The third-order valence-corrected chi connectivity index (χ3v) is 4.26. The molecule has 1 heterocycles. The lowest BCUT2D eigenvalue weighted by atomic mass is 9.95. The van der Waals surface area contributed by atoms with E-state index in [9.17, 15) is 9.90 Å². The van der Waals surface area contributed by atoms with Crippen LogP contribution in [0.5, 0.6) is 0 Å². The van der Waals surface area contributed by atoms with Crippen LogP contribution in [0, 0.1) is 0 Å². The van der Waals surface area contributed by atoms with Gasteiger partial charge >= 0.3 is 5.97 Å². The zero-order valence-corrected chi connectivity index (χ0v) is 14.3. The van der Waals surface area contributed by atoms with Gasteiger partial charge in [-0.25, -0.2) is 4.79 Å². The number of unbranched alkanes of at least 4 members (excludes halogenated alkanes) is 1. The average Bonchev–Trinajstić information content (AvgIpc) is 2.82. The molecule has 0 spiro atoms. The smallest absolute Gasteiger partial charge is 0.335 e. The summed E-state index contributed by atoms with van der Waals surface area (Å²) in [4.78, 5) is 11.5. The van der Waals surface area contributed by atoms with E-state index in [1.165, 1.54) is 11.1 Å². The molecular weight excluding hydrogens is 274 g/mol. The minimum Gasteiger partial charge on any atom is -0.478 e. The Hall–Kier alpha value is -1.77. The molecule has 0 saturated carbocycles. The van der Waals surface area contributed by atoms with Crippen molar-refractivity contribution in [1.29, 1.82) is 0 Å². The number of fused-ring (bicyclic) bond motifs is 1. The molecule has 0 bridgehead atoms. The summed E-state index contributed by atoms with van der Waals surface area (Å²) in [6.45, 7) is 10.8. The maximum Gasteiger partial charge on any atom is 0.335 e. The number of aryl methyl sites for hydroxylation is 1. The zero-order chi connectivity index (χ0) is 16.4. The fraction of sp³-hybridized carbons (Fsp3) is 0.526. The topological polar surface area (TPSA) is 42.2 Å². The van der Waals surface area contributed by atoms with Gasteiger partial charge in [0.25, 0.3) is 0 Å². The first-order chi connectivity index (χ1) is 10.4. The number of hydrogen-bond acceptors (Lipinski definition) is 1. The number of carboxylic acid groups (broad SMARTS) is 1. The highest BCUT2D eigenvalue weighted by Crippen LogP contribution is 2.33. The molecule has 0 amide bonds. The summed E-state index contributed by atoms with van der Waals surface area (Å²) in [5, 5.41) is 10.5. The second kappa shape index (κ2) is 6.55. The Kier molecular flexibility index (Phi) is 4.94. The number of nitrogens with zero attached hydrogens (tertiary/aromatic N) is 1. The van der Waals surface area contributed by atoms with Gasteiger partial charge in [0.1, 0.15) is 0 Å². The van der Waals surface area contributed by atoms with Crippen LogP contribution >= 0.6 is 0 Å². The number of aromatic nitrogens is 1. The van der Waals surface area contributed by atoms with E-state index in [-0.39, 0.29) is 0 Å². The summed E-state index contributed by atoms with van der Waals surface area (Å²) in [6.07, 6.45) is 5.51. The van der Waals surface area contributed by atoms with E-state index in [0.717, 1.165) is 30.2 Å². The second-order valence-electron chi connectivity index (χ2n) is 6.68. The van der Waals surface area contributed by atoms with Gasteiger partial charge in [0, 0.05) is 17.6 Å². The lowest BCUT2D eigenvalue weighted by Gasteiger charge is -2.15. The van der Waals surface area contributed by atoms with Gasteiger partial charge < -0.3 is 9.67 Å². The molecule has 22 heavy (non-hydrogen) atoms. The van der Waals surface area contributed by atoms with E-state index in [2.05, 4.69) is 45.4 Å². The Bertz CT molecular complexity index is 680. The third-order valence-electron chi connectivity index (χ3n) is 4.26. The summed E-state index contributed by atoms with van der Waals surface area (Å²) in [7, 11) is 0. The van der Waals surface area contributed by atoms with Crippen LogP contribution in [0.3, 0.4) is 0 Å². The Labute approximate surface area is 133 Å². The predicted molar refractivity (Wildman–Crippen MR) is 92.0 cm³/mol. The highest BCUT2D eigenvalue weighted by Gasteiger charge is 2.19.